The van der Waals surface area contributed by atoms with Gasteiger partial charge in [0.1, 0.15) is 5.82 Å². The van der Waals surface area contributed by atoms with Crippen LogP contribution in [0.1, 0.15) is 65.4 Å². The topological polar surface area (TPSA) is 18.5 Å². The molecule has 4 heteroatoms. The van der Waals surface area contributed by atoms with Gasteiger partial charge in [0.2, 0.25) is 0 Å². The van der Waals surface area contributed by atoms with Crippen molar-refractivity contribution in [3.05, 3.63) is 59.9 Å². The first-order valence-corrected chi connectivity index (χ1v) is 10.8. The molecule has 0 N–H and O–H groups in total. The smallest absolute Gasteiger partial charge is 0.403 e. The quantitative estimate of drug-likeness (QED) is 0.545. The van der Waals surface area contributed by atoms with Gasteiger partial charge in [-0.05, 0) is 75.5 Å². The molecule has 0 spiro atoms. The van der Waals surface area contributed by atoms with Crippen LogP contribution in [0.5, 0.6) is 0 Å². The third-order valence-electron chi connectivity index (χ3n) is 8.36. The molecule has 1 atom stereocenters. The number of rotatable bonds is 4. The van der Waals surface area contributed by atoms with Crippen LogP contribution in [0.2, 0.25) is 5.31 Å². The van der Waals surface area contributed by atoms with Gasteiger partial charge in [-0.25, -0.2) is 4.39 Å². The molecule has 1 heterocycles. The molecule has 1 unspecified atom stereocenters. The first-order valence-electron chi connectivity index (χ1n) is 10.8. The second-order valence-corrected chi connectivity index (χ2v) is 10.7. The Morgan fingerprint density at radius 2 is 1.48 bits per heavy atom. The van der Waals surface area contributed by atoms with Crippen LogP contribution in [0.4, 0.5) is 4.39 Å². The number of halogens is 1. The van der Waals surface area contributed by atoms with Crippen LogP contribution in [0.3, 0.4) is 0 Å². The zero-order chi connectivity index (χ0) is 20.7. The van der Waals surface area contributed by atoms with Crippen molar-refractivity contribution in [3.63, 3.8) is 0 Å². The molecule has 4 fully saturated rings. The Labute approximate surface area is 174 Å². The summed E-state index contributed by atoms with van der Waals surface area (Å²) in [6.45, 7) is 10.7. The SMILES string of the molecule is CC(c1ccc(-c2ccccc2)c(F)c1)C12CC(B3OC(C)(C)C(C)(C)O3)(C1)C2. The number of hydrogen-bond acceptors (Lipinski definition) is 2. The lowest BCUT2D eigenvalue weighted by Gasteiger charge is -2.73. The van der Waals surface area contributed by atoms with Crippen molar-refractivity contribution in [2.45, 2.75) is 76.3 Å². The maximum atomic E-state index is 14.9. The van der Waals surface area contributed by atoms with Gasteiger partial charge < -0.3 is 9.31 Å². The van der Waals surface area contributed by atoms with Crippen LogP contribution in [-0.2, 0) is 9.31 Å². The van der Waals surface area contributed by atoms with E-state index in [1.54, 1.807) is 6.07 Å². The number of hydrogen-bond donors (Lipinski definition) is 0. The van der Waals surface area contributed by atoms with Crippen molar-refractivity contribution in [2.75, 3.05) is 0 Å². The van der Waals surface area contributed by atoms with Gasteiger partial charge in [-0.3, -0.25) is 0 Å². The van der Waals surface area contributed by atoms with Crippen molar-refractivity contribution < 1.29 is 13.7 Å². The maximum absolute atomic E-state index is 14.9. The van der Waals surface area contributed by atoms with E-state index in [-0.39, 0.29) is 34.9 Å². The highest BCUT2D eigenvalue weighted by molar-refractivity contribution is 6.51. The molecular formula is C25H30BFO2. The van der Waals surface area contributed by atoms with Gasteiger partial charge in [-0.2, -0.15) is 0 Å². The fraction of sp³-hybridized carbons (Fsp3) is 0.520. The van der Waals surface area contributed by atoms with E-state index in [1.165, 1.54) is 0 Å². The van der Waals surface area contributed by atoms with Crippen LogP contribution < -0.4 is 0 Å². The normalized spacial score (nSPS) is 32.4. The van der Waals surface area contributed by atoms with Crippen LogP contribution in [0.25, 0.3) is 11.1 Å². The van der Waals surface area contributed by atoms with Crippen molar-refractivity contribution >= 4 is 7.12 Å². The van der Waals surface area contributed by atoms with Gasteiger partial charge in [0.05, 0.1) is 11.2 Å². The molecular weight excluding hydrogens is 362 g/mol. The van der Waals surface area contributed by atoms with Crippen molar-refractivity contribution in [1.82, 2.24) is 0 Å². The van der Waals surface area contributed by atoms with E-state index in [4.69, 9.17) is 9.31 Å². The molecule has 3 saturated carbocycles. The Morgan fingerprint density at radius 3 is 2.03 bits per heavy atom. The van der Waals surface area contributed by atoms with Crippen molar-refractivity contribution in [1.29, 1.82) is 0 Å². The van der Waals surface area contributed by atoms with Crippen LogP contribution in [0.15, 0.2) is 48.5 Å². The molecule has 0 amide bonds. The van der Waals surface area contributed by atoms with Gasteiger partial charge in [0.15, 0.2) is 0 Å². The van der Waals surface area contributed by atoms with E-state index >= 15 is 0 Å². The third kappa shape index (κ3) is 2.68. The van der Waals surface area contributed by atoms with E-state index in [2.05, 4.69) is 40.7 Å². The highest BCUT2D eigenvalue weighted by Gasteiger charge is 2.77. The average molecular weight is 392 g/mol. The van der Waals surface area contributed by atoms with Crippen molar-refractivity contribution in [3.8, 4) is 11.1 Å². The minimum Gasteiger partial charge on any atom is -0.403 e. The largest absolute Gasteiger partial charge is 0.464 e. The standard InChI is InChI=1S/C25H30BFO2/c1-17(19-11-12-20(21(27)13-19)18-9-7-6-8-10-18)24-14-25(15-24,16-24)26-28-22(2,3)23(4,5)29-26/h6-13,17H,14-16H2,1-5H3. The Kier molecular flexibility index (Phi) is 3.97. The summed E-state index contributed by atoms with van der Waals surface area (Å²) in [4.78, 5) is 0. The third-order valence-corrected chi connectivity index (χ3v) is 8.36. The molecule has 2 nitrogen and oxygen atoms in total. The number of benzene rings is 2. The second-order valence-electron chi connectivity index (χ2n) is 10.7. The van der Waals surface area contributed by atoms with Gasteiger partial charge in [-0.15, -0.1) is 0 Å². The van der Waals surface area contributed by atoms with E-state index in [0.29, 0.717) is 11.5 Å². The molecule has 2 bridgehead atoms. The summed E-state index contributed by atoms with van der Waals surface area (Å²) >= 11 is 0. The first kappa shape index (κ1) is 19.3. The molecule has 2 aromatic carbocycles. The monoisotopic (exact) mass is 392 g/mol. The summed E-state index contributed by atoms with van der Waals surface area (Å²) < 4.78 is 27.6. The summed E-state index contributed by atoms with van der Waals surface area (Å²) in [5.41, 5.74) is 2.42. The molecule has 0 aromatic heterocycles. The first-order chi connectivity index (χ1) is 13.6. The Bertz CT molecular complexity index is 917. The predicted octanol–water partition coefficient (Wildman–Crippen LogP) is 6.61. The molecule has 152 valence electrons. The molecule has 2 aromatic rings. The zero-order valence-electron chi connectivity index (χ0n) is 18.1. The van der Waals surface area contributed by atoms with Crippen molar-refractivity contribution in [2.24, 2.45) is 5.41 Å². The summed E-state index contributed by atoms with van der Waals surface area (Å²) in [5, 5.41) is 0.155. The Morgan fingerprint density at radius 1 is 0.897 bits per heavy atom. The lowest BCUT2D eigenvalue weighted by molar-refractivity contribution is -0.126. The molecule has 4 aliphatic rings. The lowest BCUT2D eigenvalue weighted by atomic mass is 9.22. The van der Waals surface area contributed by atoms with E-state index in [9.17, 15) is 4.39 Å². The Balaban J connectivity index is 1.31. The highest BCUT2D eigenvalue weighted by atomic mass is 19.1. The summed E-state index contributed by atoms with van der Waals surface area (Å²) in [6.07, 6.45) is 3.33. The van der Waals surface area contributed by atoms with Gasteiger partial charge in [-0.1, -0.05) is 49.4 Å². The van der Waals surface area contributed by atoms with Gasteiger partial charge >= 0.3 is 7.12 Å². The lowest BCUT2D eigenvalue weighted by Crippen LogP contribution is -2.65. The van der Waals surface area contributed by atoms with E-state index in [1.807, 2.05) is 36.4 Å². The highest BCUT2D eigenvalue weighted by Crippen LogP contribution is 2.84. The molecule has 29 heavy (non-hydrogen) atoms. The van der Waals surface area contributed by atoms with E-state index < -0.39 is 0 Å². The van der Waals surface area contributed by atoms with Gasteiger partial charge in [0.25, 0.3) is 0 Å². The summed E-state index contributed by atoms with van der Waals surface area (Å²) in [5.74, 6) is 0.207. The summed E-state index contributed by atoms with van der Waals surface area (Å²) in [6, 6.07) is 15.5. The minimum absolute atomic E-state index is 0.112. The molecule has 1 saturated heterocycles. The van der Waals surface area contributed by atoms with Crippen LogP contribution in [-0.4, -0.2) is 18.3 Å². The minimum atomic E-state index is -0.276. The fourth-order valence-corrected chi connectivity index (χ4v) is 5.76. The molecule has 6 rings (SSSR count). The second kappa shape index (κ2) is 5.95. The van der Waals surface area contributed by atoms with Crippen LogP contribution >= 0.6 is 0 Å². The van der Waals surface area contributed by atoms with Gasteiger partial charge in [0, 0.05) is 10.9 Å². The Hall–Kier alpha value is -1.65. The van der Waals surface area contributed by atoms with E-state index in [0.717, 1.165) is 30.4 Å². The fourth-order valence-electron chi connectivity index (χ4n) is 5.76. The summed E-state index contributed by atoms with van der Waals surface area (Å²) in [7, 11) is -0.112. The maximum Gasteiger partial charge on any atom is 0.464 e. The predicted molar refractivity (Wildman–Crippen MR) is 115 cm³/mol. The molecule has 3 aliphatic carbocycles. The zero-order valence-corrected chi connectivity index (χ0v) is 18.1. The molecule has 1 aliphatic heterocycles. The molecule has 0 radical (unpaired) electrons. The van der Waals surface area contributed by atoms with Crippen LogP contribution in [0, 0.1) is 11.2 Å². The average Bonchev–Trinajstić information content (AvgIpc) is 2.80.